The van der Waals surface area contributed by atoms with Gasteiger partial charge in [0, 0.05) is 19.6 Å². The second-order valence-corrected chi connectivity index (χ2v) is 7.40. The zero-order valence-electron chi connectivity index (χ0n) is 10.3. The molecule has 1 atom stereocenters. The van der Waals surface area contributed by atoms with Crippen molar-refractivity contribution in [3.63, 3.8) is 0 Å². The quantitative estimate of drug-likeness (QED) is 0.717. The lowest BCUT2D eigenvalue weighted by molar-refractivity contribution is 0.0934. The molecule has 0 aromatic heterocycles. The van der Waals surface area contributed by atoms with E-state index < -0.39 is 9.84 Å². The topological polar surface area (TPSA) is 86.7 Å². The van der Waals surface area contributed by atoms with Crippen molar-refractivity contribution in [3.8, 4) is 0 Å². The molecule has 6 nitrogen and oxygen atoms in total. The molecular formula is C11H20N2O4S. The first-order valence-electron chi connectivity index (χ1n) is 6.37. The number of nitrogens with one attached hydrogen (secondary N) is 1. The fraction of sp³-hybridized carbons (Fsp3) is 0.909. The van der Waals surface area contributed by atoms with Crippen LogP contribution in [0, 0.1) is 5.92 Å². The van der Waals surface area contributed by atoms with Crippen LogP contribution in [0.3, 0.4) is 0 Å². The Morgan fingerprint density at radius 3 is 2.50 bits per heavy atom. The summed E-state index contributed by atoms with van der Waals surface area (Å²) in [5, 5.41) is 12.1. The van der Waals surface area contributed by atoms with Crippen molar-refractivity contribution in [1.29, 1.82) is 0 Å². The molecule has 2 aliphatic rings. The molecule has 104 valence electrons. The highest BCUT2D eigenvalue weighted by atomic mass is 32.2. The predicted molar refractivity (Wildman–Crippen MR) is 67.0 cm³/mol. The third kappa shape index (κ3) is 3.58. The van der Waals surface area contributed by atoms with Crippen LogP contribution in [0.15, 0.2) is 0 Å². The summed E-state index contributed by atoms with van der Waals surface area (Å²) in [6.45, 7) is 1.56. The monoisotopic (exact) mass is 276 g/mol. The molecule has 7 heteroatoms. The fourth-order valence-corrected chi connectivity index (χ4v) is 4.31. The maximum atomic E-state index is 11.8. The summed E-state index contributed by atoms with van der Waals surface area (Å²) in [4.78, 5) is 13.5. The molecule has 0 aliphatic carbocycles. The van der Waals surface area contributed by atoms with Gasteiger partial charge in [-0.2, -0.15) is 0 Å². The second kappa shape index (κ2) is 5.44. The minimum absolute atomic E-state index is 0.0503. The van der Waals surface area contributed by atoms with Gasteiger partial charge in [-0.05, 0) is 25.2 Å². The van der Waals surface area contributed by atoms with Gasteiger partial charge in [-0.1, -0.05) is 0 Å². The Morgan fingerprint density at radius 2 is 1.94 bits per heavy atom. The third-order valence-corrected chi connectivity index (χ3v) is 5.46. The number of amides is 2. The maximum absolute atomic E-state index is 11.8. The largest absolute Gasteiger partial charge is 0.393 e. The summed E-state index contributed by atoms with van der Waals surface area (Å²) in [5.74, 6) is 0.476. The van der Waals surface area contributed by atoms with Gasteiger partial charge in [-0.15, -0.1) is 0 Å². The van der Waals surface area contributed by atoms with Crippen LogP contribution in [0.25, 0.3) is 0 Å². The molecule has 0 radical (unpaired) electrons. The zero-order valence-corrected chi connectivity index (χ0v) is 11.2. The van der Waals surface area contributed by atoms with E-state index in [1.807, 2.05) is 0 Å². The molecule has 0 spiro atoms. The number of nitrogens with zero attached hydrogens (tertiary/aromatic N) is 1. The lowest BCUT2D eigenvalue weighted by atomic mass is 10.1. The van der Waals surface area contributed by atoms with E-state index in [0.717, 1.165) is 0 Å². The smallest absolute Gasteiger partial charge is 0.317 e. The van der Waals surface area contributed by atoms with Crippen LogP contribution in [0.1, 0.15) is 19.3 Å². The number of likely N-dealkylation sites (tertiary alicyclic amines) is 1. The van der Waals surface area contributed by atoms with Crippen molar-refractivity contribution < 1.29 is 18.3 Å². The van der Waals surface area contributed by atoms with Crippen molar-refractivity contribution in [2.24, 2.45) is 5.92 Å². The van der Waals surface area contributed by atoms with Crippen LogP contribution in [0.4, 0.5) is 4.79 Å². The molecule has 2 fully saturated rings. The number of urea groups is 1. The maximum Gasteiger partial charge on any atom is 0.317 e. The van der Waals surface area contributed by atoms with Gasteiger partial charge in [0.2, 0.25) is 0 Å². The minimum atomic E-state index is -2.87. The van der Waals surface area contributed by atoms with E-state index >= 15 is 0 Å². The molecular weight excluding hydrogens is 256 g/mol. The summed E-state index contributed by atoms with van der Waals surface area (Å²) in [5.41, 5.74) is 0. The first kappa shape index (κ1) is 13.6. The van der Waals surface area contributed by atoms with Gasteiger partial charge in [0.1, 0.15) is 0 Å². The molecule has 0 unspecified atom stereocenters. The molecule has 2 aliphatic heterocycles. The minimum Gasteiger partial charge on any atom is -0.393 e. The van der Waals surface area contributed by atoms with Crippen molar-refractivity contribution in [3.05, 3.63) is 0 Å². The Hall–Kier alpha value is -0.820. The average molecular weight is 276 g/mol. The first-order chi connectivity index (χ1) is 8.46. The van der Waals surface area contributed by atoms with Gasteiger partial charge in [-0.25, -0.2) is 13.2 Å². The van der Waals surface area contributed by atoms with Crippen molar-refractivity contribution in [2.75, 3.05) is 31.1 Å². The molecule has 2 rings (SSSR count). The zero-order chi connectivity index (χ0) is 13.2. The van der Waals surface area contributed by atoms with E-state index in [2.05, 4.69) is 5.32 Å². The van der Waals surface area contributed by atoms with Gasteiger partial charge in [0.25, 0.3) is 0 Å². The Balaban J connectivity index is 1.72. The van der Waals surface area contributed by atoms with Crippen LogP contribution < -0.4 is 5.32 Å². The summed E-state index contributed by atoms with van der Waals surface area (Å²) in [6.07, 6.45) is 1.58. The molecule has 2 heterocycles. The van der Waals surface area contributed by atoms with Crippen molar-refractivity contribution in [2.45, 2.75) is 25.4 Å². The molecule has 0 aromatic carbocycles. The van der Waals surface area contributed by atoms with Gasteiger partial charge < -0.3 is 15.3 Å². The summed E-state index contributed by atoms with van der Waals surface area (Å²) in [6, 6.07) is -0.147. The van der Waals surface area contributed by atoms with Crippen LogP contribution >= 0.6 is 0 Å². The highest BCUT2D eigenvalue weighted by molar-refractivity contribution is 7.91. The number of sulfone groups is 1. The lowest BCUT2D eigenvalue weighted by Crippen LogP contribution is -2.46. The van der Waals surface area contributed by atoms with Gasteiger partial charge >= 0.3 is 6.03 Å². The number of hydrogen-bond donors (Lipinski definition) is 2. The van der Waals surface area contributed by atoms with Crippen molar-refractivity contribution in [1.82, 2.24) is 10.2 Å². The molecule has 18 heavy (non-hydrogen) atoms. The Labute approximate surface area is 107 Å². The molecule has 0 bridgehead atoms. The van der Waals surface area contributed by atoms with Gasteiger partial charge in [0.15, 0.2) is 9.84 Å². The van der Waals surface area contributed by atoms with Gasteiger partial charge in [-0.3, -0.25) is 0 Å². The number of hydrogen-bond acceptors (Lipinski definition) is 4. The fourth-order valence-electron chi connectivity index (χ4n) is 2.45. The average Bonchev–Trinajstić information content (AvgIpc) is 2.67. The second-order valence-electron chi connectivity index (χ2n) is 5.17. The van der Waals surface area contributed by atoms with Crippen LogP contribution in [-0.4, -0.2) is 61.7 Å². The summed E-state index contributed by atoms with van der Waals surface area (Å²) in [7, 11) is -2.87. The van der Waals surface area contributed by atoms with E-state index in [1.54, 1.807) is 4.90 Å². The SMILES string of the molecule is O=C(NC[C@@H]1CCS(=O)(=O)C1)N1CCC(O)CC1. The Bertz CT molecular complexity index is 401. The van der Waals surface area contributed by atoms with E-state index in [9.17, 15) is 18.3 Å². The van der Waals surface area contributed by atoms with Crippen molar-refractivity contribution >= 4 is 15.9 Å². The van der Waals surface area contributed by atoms with E-state index in [0.29, 0.717) is 38.9 Å². The highest BCUT2D eigenvalue weighted by Gasteiger charge is 2.28. The van der Waals surface area contributed by atoms with E-state index in [1.165, 1.54) is 0 Å². The number of carbonyl (C=O) groups excluding carboxylic acids is 1. The van der Waals surface area contributed by atoms with E-state index in [-0.39, 0.29) is 29.6 Å². The van der Waals surface area contributed by atoms with E-state index in [4.69, 9.17) is 0 Å². The Morgan fingerprint density at radius 1 is 1.28 bits per heavy atom. The number of aliphatic hydroxyl groups excluding tert-OH is 1. The number of piperidine rings is 1. The summed E-state index contributed by atoms with van der Waals surface area (Å²) >= 11 is 0. The standard InChI is InChI=1S/C11H20N2O4S/c14-10-1-4-13(5-2-10)11(15)12-7-9-3-6-18(16,17)8-9/h9-10,14H,1-8H2,(H,12,15)/t9-/m0/s1. The molecule has 2 amide bonds. The first-order valence-corrected chi connectivity index (χ1v) is 8.20. The van der Waals surface area contributed by atoms with Crippen LogP contribution in [-0.2, 0) is 9.84 Å². The molecule has 0 aromatic rings. The lowest BCUT2D eigenvalue weighted by Gasteiger charge is -2.30. The number of carbonyl (C=O) groups is 1. The molecule has 0 saturated carbocycles. The number of aliphatic hydroxyl groups is 1. The molecule has 2 saturated heterocycles. The molecule has 2 N–H and O–H groups in total. The predicted octanol–water partition coefficient (Wildman–Crippen LogP) is -0.413. The Kier molecular flexibility index (Phi) is 4.11. The van der Waals surface area contributed by atoms with Crippen LogP contribution in [0.2, 0.25) is 0 Å². The highest BCUT2D eigenvalue weighted by Crippen LogP contribution is 2.17. The van der Waals surface area contributed by atoms with Gasteiger partial charge in [0.05, 0.1) is 17.6 Å². The third-order valence-electron chi connectivity index (χ3n) is 3.62. The normalized spacial score (nSPS) is 28.3. The number of rotatable bonds is 2. The van der Waals surface area contributed by atoms with Crippen LogP contribution in [0.5, 0.6) is 0 Å². The summed E-state index contributed by atoms with van der Waals surface area (Å²) < 4.78 is 22.5.